The number of ketones is 2. The molecular formula is C17H13ClN4O3. The van der Waals surface area contributed by atoms with Crippen LogP contribution in [0.25, 0.3) is 0 Å². The lowest BCUT2D eigenvalue weighted by Gasteiger charge is -2.10. The number of para-hydroxylation sites is 1. The first-order valence-corrected chi connectivity index (χ1v) is 7.77. The minimum atomic E-state index is -0.508. The van der Waals surface area contributed by atoms with E-state index < -0.39 is 5.78 Å². The first-order valence-electron chi connectivity index (χ1n) is 7.39. The molecule has 8 heteroatoms. The molecule has 0 bridgehead atoms. The zero-order valence-corrected chi connectivity index (χ0v) is 13.7. The van der Waals surface area contributed by atoms with E-state index in [1.807, 2.05) is 12.1 Å². The summed E-state index contributed by atoms with van der Waals surface area (Å²) in [4.78, 5) is 24.4. The fraction of sp³-hybridized carbons (Fsp3) is 0.118. The van der Waals surface area contributed by atoms with Crippen molar-refractivity contribution in [3.05, 3.63) is 70.5 Å². The van der Waals surface area contributed by atoms with Gasteiger partial charge in [-0.05, 0) is 35.0 Å². The van der Waals surface area contributed by atoms with Crippen LogP contribution in [0, 0.1) is 0 Å². The Labute approximate surface area is 148 Å². The lowest BCUT2D eigenvalue weighted by Crippen LogP contribution is -2.11. The molecule has 0 fully saturated rings. The van der Waals surface area contributed by atoms with E-state index in [0.717, 1.165) is 5.56 Å². The van der Waals surface area contributed by atoms with E-state index in [0.29, 0.717) is 16.3 Å². The van der Waals surface area contributed by atoms with Crippen molar-refractivity contribution in [1.82, 2.24) is 20.6 Å². The number of H-pyrrole nitrogens is 1. The minimum absolute atomic E-state index is 0.118. The normalized spacial score (nSPS) is 10.4. The Hall–Kier alpha value is -3.06. The molecule has 0 atom stereocenters. The second-order valence-electron chi connectivity index (χ2n) is 5.17. The highest BCUT2D eigenvalue weighted by atomic mass is 35.5. The van der Waals surface area contributed by atoms with Crippen molar-refractivity contribution in [2.24, 2.45) is 0 Å². The van der Waals surface area contributed by atoms with Crippen LogP contribution in [0.15, 0.2) is 48.5 Å². The molecule has 3 rings (SSSR count). The van der Waals surface area contributed by atoms with Crippen LogP contribution >= 0.6 is 11.6 Å². The van der Waals surface area contributed by atoms with Crippen molar-refractivity contribution in [3.63, 3.8) is 0 Å². The van der Waals surface area contributed by atoms with Gasteiger partial charge in [0.15, 0.2) is 5.78 Å². The first kappa shape index (κ1) is 16.8. The molecule has 1 aromatic heterocycles. The number of nitrogens with zero attached hydrogens (tertiary/aromatic N) is 3. The van der Waals surface area contributed by atoms with E-state index in [4.69, 9.17) is 16.3 Å². The number of hydrogen-bond donors (Lipinski definition) is 1. The molecule has 0 unspecified atom stereocenters. The summed E-state index contributed by atoms with van der Waals surface area (Å²) in [7, 11) is 0. The Morgan fingerprint density at radius 2 is 1.80 bits per heavy atom. The number of aromatic amines is 1. The summed E-state index contributed by atoms with van der Waals surface area (Å²) in [5.74, 6) is -0.593. The van der Waals surface area contributed by atoms with Gasteiger partial charge in [-0.3, -0.25) is 9.59 Å². The summed E-state index contributed by atoms with van der Waals surface area (Å²) in [6, 6.07) is 14.0. The second kappa shape index (κ2) is 7.67. The number of ether oxygens (including phenoxy) is 1. The molecule has 2 aromatic carbocycles. The molecule has 0 radical (unpaired) electrons. The monoisotopic (exact) mass is 356 g/mol. The van der Waals surface area contributed by atoms with Crippen LogP contribution in [0.1, 0.15) is 33.0 Å². The summed E-state index contributed by atoms with van der Waals surface area (Å²) < 4.78 is 5.73. The highest BCUT2D eigenvalue weighted by Crippen LogP contribution is 2.22. The molecule has 1 N–H and O–H groups in total. The topological polar surface area (TPSA) is 97.8 Å². The van der Waals surface area contributed by atoms with Crippen LogP contribution in [0.2, 0.25) is 5.02 Å². The SMILES string of the molecule is O=C(CC(=O)c1ccccc1OCc1ccc(Cl)cc1)c1nn[nH]n1. The average Bonchev–Trinajstić information content (AvgIpc) is 3.16. The summed E-state index contributed by atoms with van der Waals surface area (Å²) in [6.07, 6.45) is -0.360. The van der Waals surface area contributed by atoms with E-state index in [-0.39, 0.29) is 24.6 Å². The van der Waals surface area contributed by atoms with Crippen molar-refractivity contribution in [1.29, 1.82) is 0 Å². The summed E-state index contributed by atoms with van der Waals surface area (Å²) >= 11 is 5.85. The number of Topliss-reactive ketones (excluding diaryl/α,β-unsaturated/α-hetero) is 2. The maximum absolute atomic E-state index is 12.4. The predicted octanol–water partition coefficient (Wildman–Crippen LogP) is 2.89. The summed E-state index contributed by atoms with van der Waals surface area (Å²) in [5, 5.41) is 13.3. The first-order chi connectivity index (χ1) is 12.1. The molecule has 0 saturated carbocycles. The Balaban J connectivity index is 1.70. The van der Waals surface area contributed by atoms with Crippen LogP contribution in [-0.2, 0) is 6.61 Å². The van der Waals surface area contributed by atoms with Gasteiger partial charge >= 0.3 is 0 Å². The van der Waals surface area contributed by atoms with Crippen molar-refractivity contribution < 1.29 is 14.3 Å². The maximum atomic E-state index is 12.4. The Kier molecular flexibility index (Phi) is 5.15. The van der Waals surface area contributed by atoms with E-state index in [1.165, 1.54) is 0 Å². The van der Waals surface area contributed by atoms with Gasteiger partial charge in [0.1, 0.15) is 12.4 Å². The van der Waals surface area contributed by atoms with E-state index in [1.54, 1.807) is 36.4 Å². The number of aromatic nitrogens is 4. The Bertz CT molecular complexity index is 879. The van der Waals surface area contributed by atoms with Gasteiger partial charge in [0.05, 0.1) is 12.0 Å². The number of nitrogens with one attached hydrogen (secondary N) is 1. The maximum Gasteiger partial charge on any atom is 0.240 e. The lowest BCUT2D eigenvalue weighted by molar-refractivity contribution is 0.0886. The fourth-order valence-corrected chi connectivity index (χ4v) is 2.29. The predicted molar refractivity (Wildman–Crippen MR) is 89.7 cm³/mol. The van der Waals surface area contributed by atoms with Gasteiger partial charge in [0, 0.05) is 5.02 Å². The van der Waals surface area contributed by atoms with Gasteiger partial charge in [0.25, 0.3) is 0 Å². The van der Waals surface area contributed by atoms with E-state index in [9.17, 15) is 9.59 Å². The summed E-state index contributed by atoms with van der Waals surface area (Å²) in [6.45, 7) is 0.278. The molecule has 0 saturated heterocycles. The third kappa shape index (κ3) is 4.27. The largest absolute Gasteiger partial charge is 0.488 e. The third-order valence-corrected chi connectivity index (χ3v) is 3.66. The standard InChI is InChI=1S/C17H13ClN4O3/c18-12-7-5-11(6-8-12)10-25-16-4-2-1-3-13(16)14(23)9-15(24)17-19-21-22-20-17/h1-8H,9-10H2,(H,19,20,21,22). The molecule has 25 heavy (non-hydrogen) atoms. The Morgan fingerprint density at radius 3 is 2.52 bits per heavy atom. The molecule has 1 heterocycles. The van der Waals surface area contributed by atoms with Crippen molar-refractivity contribution in [3.8, 4) is 5.75 Å². The molecule has 0 amide bonds. The van der Waals surface area contributed by atoms with Crippen molar-refractivity contribution in [2.75, 3.05) is 0 Å². The highest BCUT2D eigenvalue weighted by Gasteiger charge is 2.19. The number of carbonyl (C=O) groups is 2. The zero-order valence-electron chi connectivity index (χ0n) is 13.0. The van der Waals surface area contributed by atoms with Crippen LogP contribution < -0.4 is 4.74 Å². The number of halogens is 1. The molecule has 0 aliphatic carbocycles. The quantitative estimate of drug-likeness (QED) is 0.516. The molecule has 0 aliphatic heterocycles. The van der Waals surface area contributed by atoms with Gasteiger partial charge in [0.2, 0.25) is 11.6 Å². The highest BCUT2D eigenvalue weighted by molar-refractivity contribution is 6.30. The van der Waals surface area contributed by atoms with Gasteiger partial charge in [-0.2, -0.15) is 5.21 Å². The number of tetrazole rings is 1. The third-order valence-electron chi connectivity index (χ3n) is 3.41. The van der Waals surface area contributed by atoms with E-state index in [2.05, 4.69) is 20.6 Å². The lowest BCUT2D eigenvalue weighted by atomic mass is 10.0. The zero-order chi connectivity index (χ0) is 17.6. The molecule has 0 aliphatic rings. The Morgan fingerprint density at radius 1 is 1.04 bits per heavy atom. The minimum Gasteiger partial charge on any atom is -0.488 e. The molecule has 7 nitrogen and oxygen atoms in total. The van der Waals surface area contributed by atoms with E-state index >= 15 is 0 Å². The van der Waals surface area contributed by atoms with Gasteiger partial charge < -0.3 is 4.74 Å². The number of benzene rings is 2. The smallest absolute Gasteiger partial charge is 0.240 e. The van der Waals surface area contributed by atoms with Gasteiger partial charge in [-0.1, -0.05) is 35.9 Å². The van der Waals surface area contributed by atoms with Crippen LogP contribution in [0.3, 0.4) is 0 Å². The van der Waals surface area contributed by atoms with Crippen LogP contribution in [0.5, 0.6) is 5.75 Å². The molecule has 126 valence electrons. The molecular weight excluding hydrogens is 344 g/mol. The number of hydrogen-bond acceptors (Lipinski definition) is 6. The van der Waals surface area contributed by atoms with Gasteiger partial charge in [-0.15, -0.1) is 10.2 Å². The summed E-state index contributed by atoms with van der Waals surface area (Å²) in [5.41, 5.74) is 1.24. The average molecular weight is 357 g/mol. The van der Waals surface area contributed by atoms with Gasteiger partial charge in [-0.25, -0.2) is 0 Å². The van der Waals surface area contributed by atoms with Crippen molar-refractivity contribution >= 4 is 23.2 Å². The fourth-order valence-electron chi connectivity index (χ4n) is 2.16. The van der Waals surface area contributed by atoms with Crippen LogP contribution in [0.4, 0.5) is 0 Å². The van der Waals surface area contributed by atoms with Crippen molar-refractivity contribution in [2.45, 2.75) is 13.0 Å². The number of carbonyl (C=O) groups excluding carboxylic acids is 2. The molecule has 0 spiro atoms. The molecule has 3 aromatic rings. The van der Waals surface area contributed by atoms with Crippen LogP contribution in [-0.4, -0.2) is 32.2 Å². The second-order valence-corrected chi connectivity index (χ2v) is 5.61. The number of rotatable bonds is 7.